The topological polar surface area (TPSA) is 77.2 Å². The maximum Gasteiger partial charge on any atom is 0.270 e. The highest BCUT2D eigenvalue weighted by Gasteiger charge is 2.16. The molecule has 0 atom stereocenters. The molecule has 0 fully saturated rings. The average molecular weight is 305 g/mol. The van der Waals surface area contributed by atoms with Gasteiger partial charge in [-0.05, 0) is 38.1 Å². The van der Waals surface area contributed by atoms with Crippen LogP contribution in [0.1, 0.15) is 24.3 Å². The minimum absolute atomic E-state index is 0.204. The van der Waals surface area contributed by atoms with Gasteiger partial charge in [0.05, 0.1) is 7.11 Å². The zero-order chi connectivity index (χ0) is 15.5. The molecular formula is C15H19N3O2S. The lowest BCUT2D eigenvalue weighted by Crippen LogP contribution is -2.45. The summed E-state index contributed by atoms with van der Waals surface area (Å²) in [5.74, 6) is 0.586. The van der Waals surface area contributed by atoms with Crippen molar-refractivity contribution in [2.75, 3.05) is 13.7 Å². The van der Waals surface area contributed by atoms with Crippen LogP contribution in [-0.4, -0.2) is 30.1 Å². The molecule has 0 saturated carbocycles. The van der Waals surface area contributed by atoms with Gasteiger partial charge in [0.25, 0.3) is 5.91 Å². The van der Waals surface area contributed by atoms with E-state index >= 15 is 0 Å². The first-order valence-electron chi connectivity index (χ1n) is 6.56. The SMILES string of the molecule is COc1ccc(-c2nc(C(=O)NCC(C)(C)N)cs2)cc1. The third kappa shape index (κ3) is 4.27. The van der Waals surface area contributed by atoms with Crippen molar-refractivity contribution >= 4 is 17.2 Å². The van der Waals surface area contributed by atoms with Crippen LogP contribution in [0.5, 0.6) is 5.75 Å². The van der Waals surface area contributed by atoms with Crippen LogP contribution in [-0.2, 0) is 0 Å². The van der Waals surface area contributed by atoms with Crippen LogP contribution in [0.4, 0.5) is 0 Å². The Morgan fingerprint density at radius 2 is 2.05 bits per heavy atom. The number of nitrogens with two attached hydrogens (primary N) is 1. The van der Waals surface area contributed by atoms with E-state index in [1.807, 2.05) is 38.1 Å². The van der Waals surface area contributed by atoms with Gasteiger partial charge in [-0.25, -0.2) is 4.98 Å². The first kappa shape index (κ1) is 15.5. The first-order chi connectivity index (χ1) is 9.89. The summed E-state index contributed by atoms with van der Waals surface area (Å²) in [6.45, 7) is 4.12. The lowest BCUT2D eigenvalue weighted by atomic mass is 10.1. The Balaban J connectivity index is 2.08. The van der Waals surface area contributed by atoms with E-state index in [4.69, 9.17) is 10.5 Å². The molecule has 1 aromatic carbocycles. The second-order valence-electron chi connectivity index (χ2n) is 5.44. The standard InChI is InChI=1S/C15H19N3O2S/c1-15(2,16)9-17-13(19)12-8-21-14(18-12)10-4-6-11(20-3)7-5-10/h4-8H,9,16H2,1-3H3,(H,17,19). The van der Waals surface area contributed by atoms with Crippen molar-refractivity contribution in [2.24, 2.45) is 5.73 Å². The predicted octanol–water partition coefficient (Wildman–Crippen LogP) is 2.29. The van der Waals surface area contributed by atoms with Crippen molar-refractivity contribution in [3.8, 4) is 16.3 Å². The number of benzene rings is 1. The molecule has 0 saturated heterocycles. The summed E-state index contributed by atoms with van der Waals surface area (Å²) in [7, 11) is 1.62. The molecule has 1 aromatic heterocycles. The monoisotopic (exact) mass is 305 g/mol. The van der Waals surface area contributed by atoms with Gasteiger partial charge in [-0.2, -0.15) is 0 Å². The minimum Gasteiger partial charge on any atom is -0.497 e. The lowest BCUT2D eigenvalue weighted by Gasteiger charge is -2.18. The van der Waals surface area contributed by atoms with Gasteiger partial charge in [-0.1, -0.05) is 0 Å². The predicted molar refractivity (Wildman–Crippen MR) is 84.7 cm³/mol. The number of hydrogen-bond acceptors (Lipinski definition) is 5. The molecule has 5 nitrogen and oxygen atoms in total. The van der Waals surface area contributed by atoms with Gasteiger partial charge in [-0.3, -0.25) is 4.79 Å². The number of aromatic nitrogens is 1. The second-order valence-corrected chi connectivity index (χ2v) is 6.30. The van der Waals surface area contributed by atoms with Crippen molar-refractivity contribution in [1.29, 1.82) is 0 Å². The molecule has 0 aliphatic heterocycles. The summed E-state index contributed by atoms with van der Waals surface area (Å²) >= 11 is 1.43. The van der Waals surface area contributed by atoms with Crippen molar-refractivity contribution < 1.29 is 9.53 Å². The van der Waals surface area contributed by atoms with Gasteiger partial charge >= 0.3 is 0 Å². The molecule has 0 spiro atoms. The fourth-order valence-corrected chi connectivity index (χ4v) is 2.45. The smallest absolute Gasteiger partial charge is 0.270 e. The van der Waals surface area contributed by atoms with Crippen LogP contribution >= 0.6 is 11.3 Å². The number of hydrogen-bond donors (Lipinski definition) is 2. The molecule has 2 aromatic rings. The maximum absolute atomic E-state index is 12.0. The number of carbonyl (C=O) groups is 1. The molecule has 0 unspecified atom stereocenters. The molecule has 112 valence electrons. The zero-order valence-electron chi connectivity index (χ0n) is 12.3. The summed E-state index contributed by atoms with van der Waals surface area (Å²) < 4.78 is 5.12. The van der Waals surface area contributed by atoms with Gasteiger partial charge in [-0.15, -0.1) is 11.3 Å². The molecule has 0 aliphatic carbocycles. The summed E-state index contributed by atoms with van der Waals surface area (Å²) in [5, 5.41) is 5.33. The molecule has 0 aliphatic rings. The van der Waals surface area contributed by atoms with Gasteiger partial charge in [0, 0.05) is 23.0 Å². The number of methoxy groups -OCH3 is 1. The Labute approximate surface area is 128 Å². The highest BCUT2D eigenvalue weighted by atomic mass is 32.1. The fourth-order valence-electron chi connectivity index (χ4n) is 1.64. The summed E-state index contributed by atoms with van der Waals surface area (Å²) in [6, 6.07) is 7.57. The Morgan fingerprint density at radius 3 is 2.62 bits per heavy atom. The second kappa shape index (κ2) is 6.24. The van der Waals surface area contributed by atoms with Crippen molar-refractivity contribution in [3.63, 3.8) is 0 Å². The van der Waals surface area contributed by atoms with Crippen molar-refractivity contribution in [1.82, 2.24) is 10.3 Å². The van der Waals surface area contributed by atoms with Crippen molar-refractivity contribution in [3.05, 3.63) is 35.3 Å². The van der Waals surface area contributed by atoms with Crippen LogP contribution in [0.25, 0.3) is 10.6 Å². The number of amides is 1. The Bertz CT molecular complexity index is 615. The normalized spacial score (nSPS) is 11.2. The van der Waals surface area contributed by atoms with Gasteiger partial charge in [0.1, 0.15) is 16.5 Å². The minimum atomic E-state index is -0.440. The maximum atomic E-state index is 12.0. The van der Waals surface area contributed by atoms with Gasteiger partial charge < -0.3 is 15.8 Å². The lowest BCUT2D eigenvalue weighted by molar-refractivity contribution is 0.0942. The van der Waals surface area contributed by atoms with E-state index in [-0.39, 0.29) is 5.91 Å². The van der Waals surface area contributed by atoms with Crippen molar-refractivity contribution in [2.45, 2.75) is 19.4 Å². The molecule has 1 heterocycles. The Hall–Kier alpha value is -1.92. The number of nitrogens with zero attached hydrogens (tertiary/aromatic N) is 1. The third-order valence-corrected chi connectivity index (χ3v) is 3.67. The van der Waals surface area contributed by atoms with E-state index in [1.165, 1.54) is 11.3 Å². The van der Waals surface area contributed by atoms with E-state index in [1.54, 1.807) is 12.5 Å². The summed E-state index contributed by atoms with van der Waals surface area (Å²) in [5.41, 5.74) is 6.77. The van der Waals surface area contributed by atoms with E-state index in [0.29, 0.717) is 12.2 Å². The molecule has 3 N–H and O–H groups in total. The van der Waals surface area contributed by atoms with Crippen LogP contribution in [0.3, 0.4) is 0 Å². The fraction of sp³-hybridized carbons (Fsp3) is 0.333. The van der Waals surface area contributed by atoms with Crippen LogP contribution in [0.2, 0.25) is 0 Å². The van der Waals surface area contributed by atoms with Crippen LogP contribution in [0, 0.1) is 0 Å². The largest absolute Gasteiger partial charge is 0.497 e. The molecule has 0 radical (unpaired) electrons. The van der Waals surface area contributed by atoms with Gasteiger partial charge in [0.15, 0.2) is 0 Å². The molecule has 6 heteroatoms. The highest BCUT2D eigenvalue weighted by Crippen LogP contribution is 2.25. The molecular weight excluding hydrogens is 286 g/mol. The number of carbonyl (C=O) groups excluding carboxylic acids is 1. The molecule has 0 bridgehead atoms. The van der Waals surface area contributed by atoms with Crippen LogP contribution < -0.4 is 15.8 Å². The average Bonchev–Trinajstić information content (AvgIpc) is 2.94. The summed E-state index contributed by atoms with van der Waals surface area (Å²) in [4.78, 5) is 16.4. The first-order valence-corrected chi connectivity index (χ1v) is 7.44. The molecule has 2 rings (SSSR count). The van der Waals surface area contributed by atoms with E-state index in [9.17, 15) is 4.79 Å². The number of thiazole rings is 1. The van der Waals surface area contributed by atoms with Crippen LogP contribution in [0.15, 0.2) is 29.6 Å². The molecule has 21 heavy (non-hydrogen) atoms. The number of rotatable bonds is 5. The molecule has 1 amide bonds. The number of ether oxygens (including phenoxy) is 1. The third-order valence-electron chi connectivity index (χ3n) is 2.78. The van der Waals surface area contributed by atoms with E-state index in [0.717, 1.165) is 16.3 Å². The van der Waals surface area contributed by atoms with E-state index in [2.05, 4.69) is 10.3 Å². The zero-order valence-corrected chi connectivity index (χ0v) is 13.2. The quantitative estimate of drug-likeness (QED) is 0.888. The van der Waals surface area contributed by atoms with Gasteiger partial charge in [0.2, 0.25) is 0 Å². The highest BCUT2D eigenvalue weighted by molar-refractivity contribution is 7.13. The summed E-state index contributed by atoms with van der Waals surface area (Å²) in [6.07, 6.45) is 0. The Kier molecular flexibility index (Phi) is 4.59. The number of nitrogens with one attached hydrogen (secondary N) is 1. The Morgan fingerprint density at radius 1 is 1.38 bits per heavy atom. The van der Waals surface area contributed by atoms with E-state index < -0.39 is 5.54 Å².